The van der Waals surface area contributed by atoms with Crippen molar-refractivity contribution in [3.05, 3.63) is 11.1 Å². The Hall–Kier alpha value is -1.69. The maximum Gasteiger partial charge on any atom is 0.345 e. The van der Waals surface area contributed by atoms with Gasteiger partial charge in [0.25, 0.3) is 0 Å². The Morgan fingerprint density at radius 2 is 1.89 bits per heavy atom. The van der Waals surface area contributed by atoms with Crippen LogP contribution in [0.1, 0.15) is 34.1 Å². The molecule has 0 aromatic heterocycles. The SMILES string of the molecule is CC1=C(C(O)CCOC(=O)C(C)(C)C)C(=O)OC1=O. The summed E-state index contributed by atoms with van der Waals surface area (Å²) in [7, 11) is 0. The maximum absolute atomic E-state index is 11.5. The van der Waals surface area contributed by atoms with Gasteiger partial charge in [0.2, 0.25) is 0 Å². The van der Waals surface area contributed by atoms with Crippen LogP contribution >= 0.6 is 0 Å². The van der Waals surface area contributed by atoms with Crippen molar-refractivity contribution in [2.75, 3.05) is 6.61 Å². The molecular weight excluding hydrogens is 252 g/mol. The van der Waals surface area contributed by atoms with Crippen molar-refractivity contribution in [3.8, 4) is 0 Å². The van der Waals surface area contributed by atoms with E-state index in [1.165, 1.54) is 6.92 Å². The molecule has 0 aliphatic carbocycles. The smallest absolute Gasteiger partial charge is 0.345 e. The molecule has 1 heterocycles. The van der Waals surface area contributed by atoms with Gasteiger partial charge in [-0.3, -0.25) is 4.79 Å². The summed E-state index contributed by atoms with van der Waals surface area (Å²) in [6, 6.07) is 0. The first-order valence-electron chi connectivity index (χ1n) is 5.97. The number of ether oxygens (including phenoxy) is 2. The van der Waals surface area contributed by atoms with Crippen LogP contribution < -0.4 is 0 Å². The Morgan fingerprint density at radius 1 is 1.32 bits per heavy atom. The van der Waals surface area contributed by atoms with Gasteiger partial charge in [-0.15, -0.1) is 0 Å². The summed E-state index contributed by atoms with van der Waals surface area (Å²) in [5, 5.41) is 9.82. The van der Waals surface area contributed by atoms with Crippen LogP contribution in [0.5, 0.6) is 0 Å². The summed E-state index contributed by atoms with van der Waals surface area (Å²) < 4.78 is 9.34. The molecule has 0 amide bonds. The number of carbonyl (C=O) groups excluding carboxylic acids is 3. The normalized spacial score (nSPS) is 17.5. The summed E-state index contributed by atoms with van der Waals surface area (Å²) in [6.45, 7) is 6.52. The maximum atomic E-state index is 11.5. The third-order valence-corrected chi connectivity index (χ3v) is 2.69. The molecule has 1 N–H and O–H groups in total. The van der Waals surface area contributed by atoms with E-state index >= 15 is 0 Å². The number of cyclic esters (lactones) is 2. The van der Waals surface area contributed by atoms with E-state index in [1.54, 1.807) is 20.8 Å². The van der Waals surface area contributed by atoms with Gasteiger partial charge in [-0.2, -0.15) is 0 Å². The summed E-state index contributed by atoms with van der Waals surface area (Å²) in [5.41, 5.74) is -0.584. The van der Waals surface area contributed by atoms with E-state index in [9.17, 15) is 19.5 Å². The second kappa shape index (κ2) is 5.52. The summed E-state index contributed by atoms with van der Waals surface area (Å²) in [6.07, 6.45) is -1.14. The van der Waals surface area contributed by atoms with Crippen LogP contribution in [0.25, 0.3) is 0 Å². The zero-order valence-corrected chi connectivity index (χ0v) is 11.5. The Balaban J connectivity index is 2.54. The van der Waals surface area contributed by atoms with Crippen LogP contribution in [0, 0.1) is 5.41 Å². The average molecular weight is 270 g/mol. The molecule has 19 heavy (non-hydrogen) atoms. The molecule has 0 bridgehead atoms. The van der Waals surface area contributed by atoms with E-state index in [0.717, 1.165) is 0 Å². The number of rotatable bonds is 4. The van der Waals surface area contributed by atoms with Crippen molar-refractivity contribution in [1.82, 2.24) is 0 Å². The minimum Gasteiger partial charge on any atom is -0.465 e. The minimum absolute atomic E-state index is 0.0322. The van der Waals surface area contributed by atoms with E-state index in [-0.39, 0.29) is 24.2 Å². The molecule has 0 aromatic carbocycles. The molecule has 0 fully saturated rings. The molecule has 0 saturated heterocycles. The van der Waals surface area contributed by atoms with Gasteiger partial charge in [-0.1, -0.05) is 0 Å². The van der Waals surface area contributed by atoms with Crippen molar-refractivity contribution in [1.29, 1.82) is 0 Å². The Labute approximate surface area is 111 Å². The summed E-state index contributed by atoms with van der Waals surface area (Å²) >= 11 is 0. The molecule has 1 aliphatic rings. The van der Waals surface area contributed by atoms with Gasteiger partial charge in [0.1, 0.15) is 0 Å². The minimum atomic E-state index is -1.17. The van der Waals surface area contributed by atoms with Gasteiger partial charge < -0.3 is 14.6 Å². The van der Waals surface area contributed by atoms with Crippen LogP contribution in [0.2, 0.25) is 0 Å². The summed E-state index contributed by atoms with van der Waals surface area (Å²) in [4.78, 5) is 33.9. The van der Waals surface area contributed by atoms with E-state index in [1.807, 2.05) is 0 Å². The van der Waals surface area contributed by atoms with Crippen LogP contribution in [-0.4, -0.2) is 35.7 Å². The topological polar surface area (TPSA) is 89.9 Å². The fourth-order valence-electron chi connectivity index (χ4n) is 1.49. The molecule has 106 valence electrons. The number of esters is 3. The van der Waals surface area contributed by atoms with Crippen molar-refractivity contribution < 1.29 is 29.0 Å². The number of aliphatic hydroxyl groups is 1. The molecule has 0 spiro atoms. The largest absolute Gasteiger partial charge is 0.465 e. The first kappa shape index (κ1) is 15.4. The second-order valence-electron chi connectivity index (χ2n) is 5.41. The highest BCUT2D eigenvalue weighted by molar-refractivity contribution is 6.12. The molecule has 6 nitrogen and oxygen atoms in total. The van der Waals surface area contributed by atoms with Gasteiger partial charge >= 0.3 is 17.9 Å². The first-order valence-corrected chi connectivity index (χ1v) is 5.97. The lowest BCUT2D eigenvalue weighted by molar-refractivity contribution is -0.153. The molecule has 0 saturated carbocycles. The standard InChI is InChI=1S/C13H18O6/c1-7-9(11(16)19-10(7)15)8(14)5-6-18-12(17)13(2,3)4/h8,14H,5-6H2,1-4H3. The van der Waals surface area contributed by atoms with Crippen molar-refractivity contribution in [2.45, 2.75) is 40.2 Å². The van der Waals surface area contributed by atoms with Crippen molar-refractivity contribution in [2.24, 2.45) is 5.41 Å². The lowest BCUT2D eigenvalue weighted by Gasteiger charge is -2.17. The number of aliphatic hydroxyl groups excluding tert-OH is 1. The van der Waals surface area contributed by atoms with E-state index in [0.29, 0.717) is 0 Å². The highest BCUT2D eigenvalue weighted by atomic mass is 16.6. The monoisotopic (exact) mass is 270 g/mol. The quantitative estimate of drug-likeness (QED) is 0.598. The second-order valence-corrected chi connectivity index (χ2v) is 5.41. The number of carbonyl (C=O) groups is 3. The number of hydrogen-bond acceptors (Lipinski definition) is 6. The fraction of sp³-hybridized carbons (Fsp3) is 0.615. The predicted molar refractivity (Wildman–Crippen MR) is 64.8 cm³/mol. The van der Waals surface area contributed by atoms with Crippen LogP contribution in [-0.2, 0) is 23.9 Å². The lowest BCUT2D eigenvalue weighted by Crippen LogP contribution is -2.25. The highest BCUT2D eigenvalue weighted by Crippen LogP contribution is 2.22. The highest BCUT2D eigenvalue weighted by Gasteiger charge is 2.34. The van der Waals surface area contributed by atoms with Gasteiger partial charge in [0.05, 0.1) is 23.7 Å². The molecule has 0 radical (unpaired) electrons. The van der Waals surface area contributed by atoms with Crippen molar-refractivity contribution in [3.63, 3.8) is 0 Å². The van der Waals surface area contributed by atoms with Gasteiger partial charge in [0.15, 0.2) is 0 Å². The number of hydrogen-bond donors (Lipinski definition) is 1. The third kappa shape index (κ3) is 3.64. The summed E-state index contributed by atoms with van der Waals surface area (Å²) in [5.74, 6) is -1.97. The Bertz CT molecular complexity index is 441. The lowest BCUT2D eigenvalue weighted by atomic mass is 9.97. The zero-order chi connectivity index (χ0) is 14.8. The van der Waals surface area contributed by atoms with Gasteiger partial charge in [-0.25, -0.2) is 9.59 Å². The molecule has 0 aromatic rings. The van der Waals surface area contributed by atoms with E-state index in [4.69, 9.17) is 4.74 Å². The van der Waals surface area contributed by atoms with Crippen LogP contribution in [0.4, 0.5) is 0 Å². The molecule has 1 rings (SSSR count). The molecule has 1 unspecified atom stereocenters. The third-order valence-electron chi connectivity index (χ3n) is 2.69. The molecule has 1 aliphatic heterocycles. The van der Waals surface area contributed by atoms with Gasteiger partial charge in [-0.05, 0) is 27.7 Å². The molecular formula is C13H18O6. The van der Waals surface area contributed by atoms with E-state index in [2.05, 4.69) is 4.74 Å². The molecule has 1 atom stereocenters. The van der Waals surface area contributed by atoms with Crippen LogP contribution in [0.3, 0.4) is 0 Å². The van der Waals surface area contributed by atoms with Crippen LogP contribution in [0.15, 0.2) is 11.1 Å². The molecule has 6 heteroatoms. The Morgan fingerprint density at radius 3 is 2.32 bits per heavy atom. The average Bonchev–Trinajstić information content (AvgIpc) is 2.51. The van der Waals surface area contributed by atoms with Gasteiger partial charge in [0, 0.05) is 12.0 Å². The predicted octanol–water partition coefficient (Wildman–Crippen LogP) is 0.727. The Kier molecular flexibility index (Phi) is 4.47. The fourth-order valence-corrected chi connectivity index (χ4v) is 1.49. The first-order chi connectivity index (χ1) is 8.64. The van der Waals surface area contributed by atoms with Crippen molar-refractivity contribution >= 4 is 17.9 Å². The zero-order valence-electron chi connectivity index (χ0n) is 11.5. The van der Waals surface area contributed by atoms with E-state index < -0.39 is 29.4 Å².